The third kappa shape index (κ3) is 3.04. The van der Waals surface area contributed by atoms with Gasteiger partial charge in [-0.05, 0) is 31.2 Å². The highest BCUT2D eigenvalue weighted by molar-refractivity contribution is 5.48. The van der Waals surface area contributed by atoms with E-state index in [1.54, 1.807) is 12.1 Å². The van der Waals surface area contributed by atoms with Gasteiger partial charge in [-0.2, -0.15) is 0 Å². The van der Waals surface area contributed by atoms with Crippen molar-refractivity contribution in [3.8, 4) is 0 Å². The van der Waals surface area contributed by atoms with Crippen LogP contribution in [0, 0.1) is 12.7 Å². The topological polar surface area (TPSA) is 52.2 Å². The summed E-state index contributed by atoms with van der Waals surface area (Å²) >= 11 is 0. The molecule has 5 nitrogen and oxygen atoms in total. The Morgan fingerprint density at radius 3 is 2.33 bits per heavy atom. The van der Waals surface area contributed by atoms with Gasteiger partial charge in [0.1, 0.15) is 5.82 Å². The van der Waals surface area contributed by atoms with E-state index in [-0.39, 0.29) is 11.4 Å². The molecule has 0 bridgehead atoms. The molecule has 0 radical (unpaired) electrons. The van der Waals surface area contributed by atoms with Gasteiger partial charge in [0.15, 0.2) is 0 Å². The van der Waals surface area contributed by atoms with Crippen LogP contribution in [0.1, 0.15) is 5.69 Å². The number of rotatable bonds is 2. The monoisotopic (exact) mass is 288 g/mol. The van der Waals surface area contributed by atoms with Crippen molar-refractivity contribution in [3.05, 3.63) is 52.2 Å². The molecule has 1 saturated heterocycles. The first-order valence-electron chi connectivity index (χ1n) is 6.95. The van der Waals surface area contributed by atoms with E-state index < -0.39 is 0 Å². The number of aromatic nitrogens is 2. The Bertz CT molecular complexity index is 675. The fraction of sp³-hybridized carbons (Fsp3) is 0.333. The third-order valence-electron chi connectivity index (χ3n) is 3.63. The Kier molecular flexibility index (Phi) is 3.60. The minimum Gasteiger partial charge on any atom is -0.368 e. The fourth-order valence-electron chi connectivity index (χ4n) is 2.54. The number of H-pyrrole nitrogens is 1. The number of hydrogen-bond donors (Lipinski definition) is 1. The molecule has 1 fully saturated rings. The maximum Gasteiger partial charge on any atom is 0.252 e. The van der Waals surface area contributed by atoms with Crippen LogP contribution in [0.3, 0.4) is 0 Å². The Labute approximate surface area is 122 Å². The molecule has 1 aliphatic heterocycles. The lowest BCUT2D eigenvalue weighted by molar-refractivity contribution is 0.622. The lowest BCUT2D eigenvalue weighted by Crippen LogP contribution is -2.47. The maximum absolute atomic E-state index is 12.9. The molecule has 21 heavy (non-hydrogen) atoms. The molecule has 0 atom stereocenters. The van der Waals surface area contributed by atoms with E-state index in [4.69, 9.17) is 0 Å². The van der Waals surface area contributed by atoms with E-state index >= 15 is 0 Å². The number of anilines is 2. The predicted octanol–water partition coefficient (Wildman–Crippen LogP) is 1.54. The molecule has 1 N–H and O–H groups in total. The fourth-order valence-corrected chi connectivity index (χ4v) is 2.54. The summed E-state index contributed by atoms with van der Waals surface area (Å²) < 4.78 is 12.9. The molecular weight excluding hydrogens is 271 g/mol. The molecule has 2 aromatic rings. The molecule has 0 saturated carbocycles. The van der Waals surface area contributed by atoms with Gasteiger partial charge < -0.3 is 9.80 Å². The minimum absolute atomic E-state index is 0.126. The summed E-state index contributed by atoms with van der Waals surface area (Å²) in [5, 5.41) is 0. The zero-order valence-corrected chi connectivity index (χ0v) is 11.8. The Hall–Kier alpha value is -2.37. The van der Waals surface area contributed by atoms with Crippen LogP contribution in [0.4, 0.5) is 16.0 Å². The molecule has 0 unspecified atom stereocenters. The molecule has 1 aliphatic rings. The van der Waals surface area contributed by atoms with Crippen LogP contribution in [0.25, 0.3) is 0 Å². The smallest absolute Gasteiger partial charge is 0.252 e. The van der Waals surface area contributed by atoms with Gasteiger partial charge in [-0.1, -0.05) is 0 Å². The van der Waals surface area contributed by atoms with Gasteiger partial charge in [0.2, 0.25) is 5.95 Å². The summed E-state index contributed by atoms with van der Waals surface area (Å²) in [6, 6.07) is 8.01. The van der Waals surface area contributed by atoms with Crippen molar-refractivity contribution >= 4 is 11.6 Å². The molecule has 6 heteroatoms. The Morgan fingerprint density at radius 1 is 1.10 bits per heavy atom. The lowest BCUT2D eigenvalue weighted by Gasteiger charge is -2.36. The predicted molar refractivity (Wildman–Crippen MR) is 80.4 cm³/mol. The normalized spacial score (nSPS) is 15.3. The van der Waals surface area contributed by atoms with E-state index in [1.165, 1.54) is 18.2 Å². The molecule has 0 aliphatic carbocycles. The van der Waals surface area contributed by atoms with Crippen molar-refractivity contribution in [2.45, 2.75) is 6.92 Å². The summed E-state index contributed by atoms with van der Waals surface area (Å²) in [4.78, 5) is 22.9. The number of aromatic amines is 1. The molecule has 1 aromatic carbocycles. The van der Waals surface area contributed by atoms with Crippen LogP contribution in [0.15, 0.2) is 35.1 Å². The number of benzene rings is 1. The SMILES string of the molecule is Cc1cc(=O)[nH]c(N2CCN(c3ccc(F)cc3)CC2)n1. The van der Waals surface area contributed by atoms with Gasteiger partial charge in [0.05, 0.1) is 0 Å². The first kappa shape index (κ1) is 13.6. The van der Waals surface area contributed by atoms with Gasteiger partial charge in [-0.15, -0.1) is 0 Å². The molecular formula is C15H17FN4O. The third-order valence-corrected chi connectivity index (χ3v) is 3.63. The Morgan fingerprint density at radius 2 is 1.71 bits per heavy atom. The molecule has 0 spiro atoms. The maximum atomic E-state index is 12.9. The average molecular weight is 288 g/mol. The van der Waals surface area contributed by atoms with Gasteiger partial charge in [0.25, 0.3) is 5.56 Å². The van der Waals surface area contributed by atoms with Crippen molar-refractivity contribution in [2.75, 3.05) is 36.0 Å². The van der Waals surface area contributed by atoms with Crippen LogP contribution in [-0.2, 0) is 0 Å². The second-order valence-electron chi connectivity index (χ2n) is 5.16. The van der Waals surface area contributed by atoms with Crippen molar-refractivity contribution in [1.29, 1.82) is 0 Å². The molecule has 0 amide bonds. The van der Waals surface area contributed by atoms with Gasteiger partial charge in [-0.3, -0.25) is 9.78 Å². The first-order valence-corrected chi connectivity index (χ1v) is 6.95. The minimum atomic E-state index is -0.223. The summed E-state index contributed by atoms with van der Waals surface area (Å²) in [5.74, 6) is 0.401. The van der Waals surface area contributed by atoms with E-state index in [9.17, 15) is 9.18 Å². The van der Waals surface area contributed by atoms with Gasteiger partial charge >= 0.3 is 0 Å². The van der Waals surface area contributed by atoms with E-state index in [0.717, 1.165) is 37.6 Å². The molecule has 2 heterocycles. The van der Waals surface area contributed by atoms with E-state index in [1.807, 2.05) is 6.92 Å². The quantitative estimate of drug-likeness (QED) is 0.911. The number of nitrogens with one attached hydrogen (secondary N) is 1. The number of aryl methyl sites for hydroxylation is 1. The Balaban J connectivity index is 1.70. The number of halogens is 1. The summed E-state index contributed by atoms with van der Waals surface area (Å²) in [5.41, 5.74) is 1.61. The van der Waals surface area contributed by atoms with Crippen molar-refractivity contribution in [1.82, 2.24) is 9.97 Å². The van der Waals surface area contributed by atoms with Gasteiger partial charge in [0, 0.05) is 43.6 Å². The van der Waals surface area contributed by atoms with E-state index in [0.29, 0.717) is 5.95 Å². The van der Waals surface area contributed by atoms with Crippen LogP contribution < -0.4 is 15.4 Å². The van der Waals surface area contributed by atoms with Crippen LogP contribution in [0.2, 0.25) is 0 Å². The number of nitrogens with zero attached hydrogens (tertiary/aromatic N) is 3. The highest BCUT2D eigenvalue weighted by Crippen LogP contribution is 2.18. The zero-order valence-electron chi connectivity index (χ0n) is 11.8. The summed E-state index contributed by atoms with van der Waals surface area (Å²) in [6.07, 6.45) is 0. The second-order valence-corrected chi connectivity index (χ2v) is 5.16. The molecule has 1 aromatic heterocycles. The molecule has 110 valence electrons. The standard InChI is InChI=1S/C15H17FN4O/c1-11-10-14(21)18-15(17-11)20-8-6-19(7-9-20)13-4-2-12(16)3-5-13/h2-5,10H,6-9H2,1H3,(H,17,18,21). The number of piperazine rings is 1. The zero-order chi connectivity index (χ0) is 14.8. The summed E-state index contributed by atoms with van der Waals surface area (Å²) in [6.45, 7) is 4.97. The highest BCUT2D eigenvalue weighted by atomic mass is 19.1. The second kappa shape index (κ2) is 5.55. The molecule has 3 rings (SSSR count). The number of hydrogen-bond acceptors (Lipinski definition) is 4. The average Bonchev–Trinajstić information content (AvgIpc) is 2.47. The first-order chi connectivity index (χ1) is 10.1. The van der Waals surface area contributed by atoms with Crippen LogP contribution in [-0.4, -0.2) is 36.1 Å². The van der Waals surface area contributed by atoms with Crippen molar-refractivity contribution < 1.29 is 4.39 Å². The summed E-state index contributed by atoms with van der Waals surface area (Å²) in [7, 11) is 0. The van der Waals surface area contributed by atoms with Crippen molar-refractivity contribution in [2.24, 2.45) is 0 Å². The van der Waals surface area contributed by atoms with E-state index in [2.05, 4.69) is 19.8 Å². The van der Waals surface area contributed by atoms with Crippen LogP contribution in [0.5, 0.6) is 0 Å². The lowest BCUT2D eigenvalue weighted by atomic mass is 10.2. The largest absolute Gasteiger partial charge is 0.368 e. The van der Waals surface area contributed by atoms with Gasteiger partial charge in [-0.25, -0.2) is 9.37 Å². The van der Waals surface area contributed by atoms with Crippen molar-refractivity contribution in [3.63, 3.8) is 0 Å². The highest BCUT2D eigenvalue weighted by Gasteiger charge is 2.19. The van der Waals surface area contributed by atoms with Crippen LogP contribution >= 0.6 is 0 Å².